The molecular weight excluding hydrogens is 248 g/mol. The smallest absolute Gasteiger partial charge is 0.0758 e. The zero-order valence-electron chi connectivity index (χ0n) is 13.9. The first-order valence-electron chi connectivity index (χ1n) is 8.59. The minimum Gasteiger partial charge on any atom is -0.389 e. The van der Waals surface area contributed by atoms with Crippen LogP contribution in [0.1, 0.15) is 53.4 Å². The summed E-state index contributed by atoms with van der Waals surface area (Å²) in [5, 5.41) is 13.8. The summed E-state index contributed by atoms with van der Waals surface area (Å²) in [6.45, 7) is 13.1. The Bertz CT molecular complexity index is 303. The third-order valence-electron chi connectivity index (χ3n) is 5.46. The van der Waals surface area contributed by atoms with Crippen molar-refractivity contribution in [1.29, 1.82) is 0 Å². The number of hydrogen-bond acceptors (Lipinski definition) is 3. The van der Waals surface area contributed by atoms with Gasteiger partial charge in [-0.25, -0.2) is 0 Å². The van der Waals surface area contributed by atoms with Crippen molar-refractivity contribution < 1.29 is 5.11 Å². The van der Waals surface area contributed by atoms with E-state index in [0.29, 0.717) is 6.04 Å². The van der Waals surface area contributed by atoms with Crippen molar-refractivity contribution in [2.24, 2.45) is 17.8 Å². The molecule has 1 aliphatic carbocycles. The van der Waals surface area contributed by atoms with E-state index in [1.807, 2.05) is 6.92 Å². The van der Waals surface area contributed by atoms with Crippen molar-refractivity contribution in [3.05, 3.63) is 0 Å². The predicted molar refractivity (Wildman–Crippen MR) is 84.8 cm³/mol. The largest absolute Gasteiger partial charge is 0.389 e. The quantitative estimate of drug-likeness (QED) is 0.813. The van der Waals surface area contributed by atoms with Gasteiger partial charge in [-0.1, -0.05) is 20.8 Å². The van der Waals surface area contributed by atoms with Gasteiger partial charge in [0, 0.05) is 25.7 Å². The topological polar surface area (TPSA) is 35.5 Å². The SMILES string of the molecule is CCNC1CCC(C(C)C)CC1CN1CCC(C)(O)C1. The lowest BCUT2D eigenvalue weighted by atomic mass is 9.73. The zero-order valence-corrected chi connectivity index (χ0v) is 13.9. The molecule has 0 radical (unpaired) electrons. The maximum absolute atomic E-state index is 10.1. The van der Waals surface area contributed by atoms with Crippen LogP contribution in [0.15, 0.2) is 0 Å². The number of β-amino-alcohol motifs (C(OH)–C–C–N with tert-alkyl or cyclic N) is 1. The molecule has 1 aliphatic heterocycles. The van der Waals surface area contributed by atoms with Crippen LogP contribution in [0.5, 0.6) is 0 Å². The Morgan fingerprint density at radius 1 is 1.35 bits per heavy atom. The Kier molecular flexibility index (Phi) is 5.49. The second-order valence-corrected chi connectivity index (χ2v) is 7.72. The molecular formula is C17H34N2O. The number of nitrogens with zero attached hydrogens (tertiary/aromatic N) is 1. The maximum atomic E-state index is 10.1. The van der Waals surface area contributed by atoms with Gasteiger partial charge in [-0.3, -0.25) is 0 Å². The number of aliphatic hydroxyl groups is 1. The van der Waals surface area contributed by atoms with E-state index in [4.69, 9.17) is 0 Å². The standard InChI is InChI=1S/C17H34N2O/c1-5-18-16-7-6-14(13(2)3)10-15(16)11-19-9-8-17(4,20)12-19/h13-16,18,20H,5-12H2,1-4H3. The van der Waals surface area contributed by atoms with Crippen molar-refractivity contribution in [3.63, 3.8) is 0 Å². The van der Waals surface area contributed by atoms with Gasteiger partial charge in [0.2, 0.25) is 0 Å². The summed E-state index contributed by atoms with van der Waals surface area (Å²) in [4.78, 5) is 2.48. The fourth-order valence-electron chi connectivity index (χ4n) is 4.16. The zero-order chi connectivity index (χ0) is 14.8. The minimum absolute atomic E-state index is 0.459. The first-order valence-corrected chi connectivity index (χ1v) is 8.59. The first kappa shape index (κ1) is 16.3. The Balaban J connectivity index is 1.93. The Morgan fingerprint density at radius 3 is 2.65 bits per heavy atom. The third-order valence-corrected chi connectivity index (χ3v) is 5.46. The molecule has 0 spiro atoms. The first-order chi connectivity index (χ1) is 9.41. The molecule has 3 nitrogen and oxygen atoms in total. The summed E-state index contributed by atoms with van der Waals surface area (Å²) >= 11 is 0. The molecule has 0 amide bonds. The van der Waals surface area contributed by atoms with Gasteiger partial charge in [0.05, 0.1) is 5.60 Å². The minimum atomic E-state index is -0.459. The third kappa shape index (κ3) is 4.19. The molecule has 4 atom stereocenters. The molecule has 4 unspecified atom stereocenters. The average molecular weight is 282 g/mol. The maximum Gasteiger partial charge on any atom is 0.0758 e. The fraction of sp³-hybridized carbons (Fsp3) is 1.00. The van der Waals surface area contributed by atoms with Crippen LogP contribution in [-0.2, 0) is 0 Å². The van der Waals surface area contributed by atoms with Gasteiger partial charge in [0.15, 0.2) is 0 Å². The van der Waals surface area contributed by atoms with Crippen LogP contribution in [0, 0.1) is 17.8 Å². The van der Waals surface area contributed by atoms with Gasteiger partial charge in [-0.05, 0) is 56.9 Å². The molecule has 20 heavy (non-hydrogen) atoms. The molecule has 3 heteroatoms. The summed E-state index contributed by atoms with van der Waals surface area (Å²) in [7, 11) is 0. The summed E-state index contributed by atoms with van der Waals surface area (Å²) in [5.74, 6) is 2.45. The van der Waals surface area contributed by atoms with E-state index >= 15 is 0 Å². The van der Waals surface area contributed by atoms with Gasteiger partial charge in [-0.15, -0.1) is 0 Å². The second-order valence-electron chi connectivity index (χ2n) is 7.72. The molecule has 118 valence electrons. The lowest BCUT2D eigenvalue weighted by Gasteiger charge is -2.40. The molecule has 0 aromatic carbocycles. The molecule has 2 N–H and O–H groups in total. The summed E-state index contributed by atoms with van der Waals surface area (Å²) in [5.41, 5.74) is -0.459. The van der Waals surface area contributed by atoms with Crippen LogP contribution >= 0.6 is 0 Å². The van der Waals surface area contributed by atoms with Gasteiger partial charge >= 0.3 is 0 Å². The molecule has 0 aromatic heterocycles. The van der Waals surface area contributed by atoms with E-state index in [2.05, 4.69) is 31.0 Å². The average Bonchev–Trinajstić information content (AvgIpc) is 2.71. The molecule has 1 saturated carbocycles. The monoisotopic (exact) mass is 282 g/mol. The van der Waals surface area contributed by atoms with Crippen LogP contribution in [0.4, 0.5) is 0 Å². The van der Waals surface area contributed by atoms with Gasteiger partial charge in [0.25, 0.3) is 0 Å². The van der Waals surface area contributed by atoms with Crippen LogP contribution in [0.2, 0.25) is 0 Å². The highest BCUT2D eigenvalue weighted by molar-refractivity contribution is 4.91. The van der Waals surface area contributed by atoms with Crippen molar-refractivity contribution in [2.45, 2.75) is 65.0 Å². The predicted octanol–water partition coefficient (Wildman–Crippen LogP) is 2.49. The van der Waals surface area contributed by atoms with Gasteiger partial charge < -0.3 is 15.3 Å². The lowest BCUT2D eigenvalue weighted by molar-refractivity contribution is 0.0608. The van der Waals surface area contributed by atoms with Crippen molar-refractivity contribution in [1.82, 2.24) is 10.2 Å². The lowest BCUT2D eigenvalue weighted by Crippen LogP contribution is -2.46. The molecule has 1 heterocycles. The normalized spacial score (nSPS) is 39.6. The molecule has 2 rings (SSSR count). The van der Waals surface area contributed by atoms with Crippen LogP contribution < -0.4 is 5.32 Å². The van der Waals surface area contributed by atoms with Crippen molar-refractivity contribution >= 4 is 0 Å². The number of rotatable bonds is 5. The molecule has 2 aliphatic rings. The highest BCUT2D eigenvalue weighted by atomic mass is 16.3. The van der Waals surface area contributed by atoms with Crippen LogP contribution in [0.25, 0.3) is 0 Å². The van der Waals surface area contributed by atoms with E-state index in [0.717, 1.165) is 50.4 Å². The van der Waals surface area contributed by atoms with E-state index in [1.54, 1.807) is 0 Å². The van der Waals surface area contributed by atoms with Gasteiger partial charge in [0.1, 0.15) is 0 Å². The van der Waals surface area contributed by atoms with Gasteiger partial charge in [-0.2, -0.15) is 0 Å². The van der Waals surface area contributed by atoms with Crippen molar-refractivity contribution in [2.75, 3.05) is 26.2 Å². The van der Waals surface area contributed by atoms with Crippen LogP contribution in [0.3, 0.4) is 0 Å². The number of hydrogen-bond donors (Lipinski definition) is 2. The summed E-state index contributed by atoms with van der Waals surface area (Å²) in [6, 6.07) is 0.681. The van der Waals surface area contributed by atoms with Crippen LogP contribution in [-0.4, -0.2) is 47.8 Å². The summed E-state index contributed by atoms with van der Waals surface area (Å²) < 4.78 is 0. The van der Waals surface area contributed by atoms with E-state index in [9.17, 15) is 5.11 Å². The molecule has 1 saturated heterocycles. The Hall–Kier alpha value is -0.120. The molecule has 0 aromatic rings. The molecule has 0 bridgehead atoms. The fourth-order valence-corrected chi connectivity index (χ4v) is 4.16. The van der Waals surface area contributed by atoms with Crippen molar-refractivity contribution in [3.8, 4) is 0 Å². The summed E-state index contributed by atoms with van der Waals surface area (Å²) in [6.07, 6.45) is 4.99. The van der Waals surface area contributed by atoms with E-state index < -0.39 is 5.60 Å². The number of likely N-dealkylation sites (tertiary alicyclic amines) is 1. The highest BCUT2D eigenvalue weighted by Crippen LogP contribution is 2.35. The molecule has 2 fully saturated rings. The highest BCUT2D eigenvalue weighted by Gasteiger charge is 2.36. The Morgan fingerprint density at radius 2 is 2.10 bits per heavy atom. The Labute approximate surface area is 125 Å². The van der Waals surface area contributed by atoms with E-state index in [1.165, 1.54) is 19.3 Å². The second kappa shape index (κ2) is 6.76. The van der Waals surface area contributed by atoms with E-state index in [-0.39, 0.29) is 0 Å². The number of nitrogens with one attached hydrogen (secondary N) is 1.